The molecule has 1 aromatic carbocycles. The summed E-state index contributed by atoms with van der Waals surface area (Å²) in [5.74, 6) is -0.610. The van der Waals surface area contributed by atoms with Crippen molar-refractivity contribution in [2.24, 2.45) is 5.73 Å². The van der Waals surface area contributed by atoms with Crippen LogP contribution in [0, 0.1) is 5.82 Å². The van der Waals surface area contributed by atoms with Gasteiger partial charge in [-0.15, -0.1) is 0 Å². The van der Waals surface area contributed by atoms with Crippen LogP contribution in [0.4, 0.5) is 4.39 Å². The van der Waals surface area contributed by atoms with Gasteiger partial charge < -0.3 is 15.8 Å². The van der Waals surface area contributed by atoms with Crippen LogP contribution in [-0.4, -0.2) is 24.0 Å². The summed E-state index contributed by atoms with van der Waals surface area (Å²) in [5.41, 5.74) is 5.47. The van der Waals surface area contributed by atoms with E-state index < -0.39 is 11.9 Å². The van der Waals surface area contributed by atoms with Crippen molar-refractivity contribution < 1.29 is 13.9 Å². The highest BCUT2D eigenvalue weighted by Crippen LogP contribution is 2.17. The summed E-state index contributed by atoms with van der Waals surface area (Å²) in [7, 11) is 1.50. The highest BCUT2D eigenvalue weighted by Gasteiger charge is 2.14. The van der Waals surface area contributed by atoms with E-state index in [1.165, 1.54) is 19.2 Å². The fourth-order valence-electron chi connectivity index (χ4n) is 1.23. The van der Waals surface area contributed by atoms with E-state index in [0.29, 0.717) is 0 Å². The van der Waals surface area contributed by atoms with Crippen molar-refractivity contribution in [1.82, 2.24) is 5.32 Å². The third-order valence-electron chi connectivity index (χ3n) is 2.13. The molecule has 0 spiro atoms. The number of halogens is 1. The molecule has 1 amide bonds. The highest BCUT2D eigenvalue weighted by atomic mass is 32.1. The molecular formula is C11H13FN2O2S. The Kier molecular flexibility index (Phi) is 4.39. The summed E-state index contributed by atoms with van der Waals surface area (Å²) in [6, 6.07) is 4.08. The molecule has 1 atom stereocenters. The Bertz CT molecular complexity index is 451. The first-order chi connectivity index (χ1) is 7.95. The number of rotatable bonds is 4. The van der Waals surface area contributed by atoms with E-state index in [1.807, 2.05) is 0 Å². The summed E-state index contributed by atoms with van der Waals surface area (Å²) in [5, 5.41) is 2.43. The van der Waals surface area contributed by atoms with Crippen LogP contribution in [0.1, 0.15) is 12.5 Å². The minimum Gasteiger partial charge on any atom is -0.481 e. The van der Waals surface area contributed by atoms with Crippen LogP contribution in [0.3, 0.4) is 0 Å². The zero-order chi connectivity index (χ0) is 13.0. The van der Waals surface area contributed by atoms with Gasteiger partial charge in [-0.1, -0.05) is 12.2 Å². The number of amides is 1. The number of benzene rings is 1. The van der Waals surface area contributed by atoms with E-state index in [0.717, 1.165) is 6.07 Å². The second-order valence-electron chi connectivity index (χ2n) is 3.38. The van der Waals surface area contributed by atoms with E-state index in [4.69, 9.17) is 10.5 Å². The standard InChI is InChI=1S/C11H13FN2O2S/c1-6(11(15)14-2)16-7-3-4-8(10(13)17)9(12)5-7/h3-6H,1-2H3,(H2,13,17)(H,14,15). The number of likely N-dealkylation sites (N-methyl/N-ethyl adjacent to an activating group) is 1. The van der Waals surface area contributed by atoms with Gasteiger partial charge in [0.25, 0.3) is 5.91 Å². The maximum atomic E-state index is 13.5. The molecule has 0 aliphatic rings. The number of nitrogens with one attached hydrogen (secondary N) is 1. The van der Waals surface area contributed by atoms with E-state index in [-0.39, 0.29) is 22.2 Å². The highest BCUT2D eigenvalue weighted by molar-refractivity contribution is 7.80. The number of hydrogen-bond donors (Lipinski definition) is 2. The molecule has 0 fully saturated rings. The van der Waals surface area contributed by atoms with Crippen LogP contribution in [-0.2, 0) is 4.79 Å². The van der Waals surface area contributed by atoms with Gasteiger partial charge in [0.05, 0.1) is 0 Å². The summed E-state index contributed by atoms with van der Waals surface area (Å²) in [6.07, 6.45) is -0.699. The van der Waals surface area contributed by atoms with Gasteiger partial charge in [0.15, 0.2) is 6.10 Å². The van der Waals surface area contributed by atoms with Gasteiger partial charge in [-0.25, -0.2) is 4.39 Å². The van der Waals surface area contributed by atoms with E-state index >= 15 is 0 Å². The van der Waals surface area contributed by atoms with Crippen LogP contribution in [0.25, 0.3) is 0 Å². The molecule has 0 saturated carbocycles. The topological polar surface area (TPSA) is 64.3 Å². The monoisotopic (exact) mass is 256 g/mol. The molecule has 1 rings (SSSR count). The second kappa shape index (κ2) is 5.58. The zero-order valence-electron chi connectivity index (χ0n) is 9.49. The lowest BCUT2D eigenvalue weighted by Crippen LogP contribution is -2.33. The van der Waals surface area contributed by atoms with Crippen LogP contribution in [0.2, 0.25) is 0 Å². The smallest absolute Gasteiger partial charge is 0.260 e. The van der Waals surface area contributed by atoms with Crippen molar-refractivity contribution in [3.8, 4) is 5.75 Å². The molecule has 0 aliphatic carbocycles. The molecule has 0 bridgehead atoms. The summed E-state index contributed by atoms with van der Waals surface area (Å²) >= 11 is 4.67. The molecule has 17 heavy (non-hydrogen) atoms. The minimum atomic E-state index is -0.699. The van der Waals surface area contributed by atoms with Gasteiger partial charge >= 0.3 is 0 Å². The first kappa shape index (κ1) is 13.4. The summed E-state index contributed by atoms with van der Waals surface area (Å²) in [4.78, 5) is 11.2. The van der Waals surface area contributed by atoms with E-state index in [1.54, 1.807) is 6.92 Å². The number of thiocarbonyl (C=S) groups is 1. The molecule has 4 nitrogen and oxygen atoms in total. The average Bonchev–Trinajstić information content (AvgIpc) is 2.27. The molecule has 1 unspecified atom stereocenters. The SMILES string of the molecule is CNC(=O)C(C)Oc1ccc(C(N)=S)c(F)c1. The Labute approximate surface area is 104 Å². The molecule has 0 aliphatic heterocycles. The fourth-order valence-corrected chi connectivity index (χ4v) is 1.40. The number of carbonyl (C=O) groups excluding carboxylic acids is 1. The number of hydrogen-bond acceptors (Lipinski definition) is 3. The number of carbonyl (C=O) groups is 1. The quantitative estimate of drug-likeness (QED) is 0.788. The van der Waals surface area contributed by atoms with Crippen molar-refractivity contribution in [3.05, 3.63) is 29.6 Å². The second-order valence-corrected chi connectivity index (χ2v) is 3.82. The van der Waals surface area contributed by atoms with Gasteiger partial charge in [-0.05, 0) is 19.1 Å². The van der Waals surface area contributed by atoms with Gasteiger partial charge in [0, 0.05) is 18.7 Å². The maximum absolute atomic E-state index is 13.5. The van der Waals surface area contributed by atoms with Crippen molar-refractivity contribution in [3.63, 3.8) is 0 Å². The van der Waals surface area contributed by atoms with Gasteiger partial charge in [0.2, 0.25) is 0 Å². The molecule has 0 radical (unpaired) electrons. The molecule has 6 heteroatoms. The summed E-state index contributed by atoms with van der Waals surface area (Å²) < 4.78 is 18.7. The van der Waals surface area contributed by atoms with Crippen molar-refractivity contribution >= 4 is 23.1 Å². The van der Waals surface area contributed by atoms with Crippen LogP contribution in [0.5, 0.6) is 5.75 Å². The number of ether oxygens (including phenoxy) is 1. The fraction of sp³-hybridized carbons (Fsp3) is 0.273. The molecule has 0 saturated heterocycles. The van der Waals surface area contributed by atoms with Crippen LogP contribution in [0.15, 0.2) is 18.2 Å². The Morgan fingerprint density at radius 1 is 1.59 bits per heavy atom. The van der Waals surface area contributed by atoms with E-state index in [9.17, 15) is 9.18 Å². The van der Waals surface area contributed by atoms with Gasteiger partial charge in [-0.2, -0.15) is 0 Å². The number of nitrogens with two attached hydrogens (primary N) is 1. The van der Waals surface area contributed by atoms with Crippen LogP contribution < -0.4 is 15.8 Å². The molecular weight excluding hydrogens is 243 g/mol. The Morgan fingerprint density at radius 2 is 2.24 bits per heavy atom. The Morgan fingerprint density at radius 3 is 2.71 bits per heavy atom. The molecule has 0 aromatic heterocycles. The molecule has 1 aromatic rings. The van der Waals surface area contributed by atoms with E-state index in [2.05, 4.69) is 17.5 Å². The van der Waals surface area contributed by atoms with Crippen molar-refractivity contribution in [2.45, 2.75) is 13.0 Å². The predicted octanol–water partition coefficient (Wildman–Crippen LogP) is 0.973. The average molecular weight is 256 g/mol. The van der Waals surface area contributed by atoms with Crippen molar-refractivity contribution in [1.29, 1.82) is 0 Å². The molecule has 3 N–H and O–H groups in total. The normalized spacial score (nSPS) is 11.7. The minimum absolute atomic E-state index is 0.0200. The third-order valence-corrected chi connectivity index (χ3v) is 2.35. The Balaban J connectivity index is 2.84. The molecule has 92 valence electrons. The van der Waals surface area contributed by atoms with Gasteiger partial charge in [0.1, 0.15) is 16.6 Å². The lowest BCUT2D eigenvalue weighted by atomic mass is 10.2. The zero-order valence-corrected chi connectivity index (χ0v) is 10.3. The van der Waals surface area contributed by atoms with Crippen molar-refractivity contribution in [2.75, 3.05) is 7.05 Å². The first-order valence-corrected chi connectivity index (χ1v) is 5.34. The Hall–Kier alpha value is -1.69. The third kappa shape index (κ3) is 3.39. The maximum Gasteiger partial charge on any atom is 0.260 e. The lowest BCUT2D eigenvalue weighted by molar-refractivity contribution is -0.126. The largest absolute Gasteiger partial charge is 0.481 e. The molecule has 0 heterocycles. The first-order valence-electron chi connectivity index (χ1n) is 4.93. The lowest BCUT2D eigenvalue weighted by Gasteiger charge is -2.13. The summed E-state index contributed by atoms with van der Waals surface area (Å²) in [6.45, 7) is 1.57. The predicted molar refractivity (Wildman–Crippen MR) is 66.4 cm³/mol. The van der Waals surface area contributed by atoms with Crippen LogP contribution >= 0.6 is 12.2 Å². The van der Waals surface area contributed by atoms with Gasteiger partial charge in [-0.3, -0.25) is 4.79 Å².